The minimum absolute atomic E-state index is 0.0584. The molecule has 0 saturated carbocycles. The fourth-order valence-corrected chi connectivity index (χ4v) is 5.87. The number of aliphatic hydroxyl groups excluding tert-OH is 1. The number of nitrogens with two attached hydrogens (primary N) is 3. The molecule has 4 atom stereocenters. The van der Waals surface area contributed by atoms with E-state index in [1.165, 1.54) is 0 Å². The van der Waals surface area contributed by atoms with Crippen LogP contribution in [0.1, 0.15) is 23.2 Å². The highest BCUT2D eigenvalue weighted by atomic mass is 16.3. The van der Waals surface area contributed by atoms with Gasteiger partial charge in [-0.1, -0.05) is 30.3 Å². The molecular formula is C31H38N10O3. The number of phenols is 1. The zero-order valence-electron chi connectivity index (χ0n) is 24.3. The van der Waals surface area contributed by atoms with Crippen molar-refractivity contribution in [3.63, 3.8) is 0 Å². The second kappa shape index (κ2) is 12.6. The summed E-state index contributed by atoms with van der Waals surface area (Å²) >= 11 is 0. The number of piperidine rings is 2. The summed E-state index contributed by atoms with van der Waals surface area (Å²) in [6, 6.07) is 17.7. The normalized spacial score (nSPS) is 22.2. The molecule has 0 bridgehead atoms. The van der Waals surface area contributed by atoms with E-state index in [-0.39, 0.29) is 29.3 Å². The molecule has 4 aromatic rings. The van der Waals surface area contributed by atoms with Crippen LogP contribution >= 0.6 is 0 Å². The van der Waals surface area contributed by atoms with Crippen LogP contribution in [0.5, 0.6) is 5.75 Å². The summed E-state index contributed by atoms with van der Waals surface area (Å²) in [6.45, 7) is 2.62. The summed E-state index contributed by atoms with van der Waals surface area (Å²) in [5.74, 6) is 0.729. The number of hydrogen-bond donors (Lipinski definition) is 7. The number of nitrogens with one attached hydrogen (secondary N) is 2. The van der Waals surface area contributed by atoms with Crippen LogP contribution in [0.3, 0.4) is 0 Å². The third-order valence-electron chi connectivity index (χ3n) is 8.23. The summed E-state index contributed by atoms with van der Waals surface area (Å²) in [4.78, 5) is 31.2. The van der Waals surface area contributed by atoms with Gasteiger partial charge in [-0.05, 0) is 55.1 Å². The van der Waals surface area contributed by atoms with Gasteiger partial charge in [0.25, 0.3) is 5.91 Å². The number of nitrogens with zero attached hydrogens (tertiary/aromatic N) is 5. The molecule has 0 unspecified atom stereocenters. The Kier molecular flexibility index (Phi) is 8.44. The molecule has 44 heavy (non-hydrogen) atoms. The van der Waals surface area contributed by atoms with Crippen molar-refractivity contribution >= 4 is 45.9 Å². The summed E-state index contributed by atoms with van der Waals surface area (Å²) in [7, 11) is 0. The predicted octanol–water partition coefficient (Wildman–Crippen LogP) is 1.74. The summed E-state index contributed by atoms with van der Waals surface area (Å²) in [5, 5.41) is 28.6. The van der Waals surface area contributed by atoms with Crippen molar-refractivity contribution in [1.82, 2.24) is 15.0 Å². The number of aromatic hydroxyl groups is 1. The average molecular weight is 599 g/mol. The molecule has 1 amide bonds. The molecule has 2 aliphatic rings. The van der Waals surface area contributed by atoms with Crippen molar-refractivity contribution in [3.8, 4) is 5.75 Å². The highest BCUT2D eigenvalue weighted by molar-refractivity contribution is 6.09. The van der Waals surface area contributed by atoms with Gasteiger partial charge in [0.1, 0.15) is 5.75 Å². The molecule has 0 radical (unpaired) electrons. The van der Waals surface area contributed by atoms with E-state index in [0.717, 1.165) is 11.8 Å². The topological polar surface area (TPSA) is 205 Å². The second-order valence-corrected chi connectivity index (χ2v) is 11.6. The summed E-state index contributed by atoms with van der Waals surface area (Å²) in [5.41, 5.74) is 19.9. The minimum atomic E-state index is -0.461. The molecule has 3 aromatic carbocycles. The maximum atomic E-state index is 13.0. The van der Waals surface area contributed by atoms with E-state index in [2.05, 4.69) is 10.6 Å². The van der Waals surface area contributed by atoms with Crippen molar-refractivity contribution < 1.29 is 15.0 Å². The Bertz CT molecular complexity index is 1630. The number of benzene rings is 3. The van der Waals surface area contributed by atoms with E-state index in [1.54, 1.807) is 36.4 Å². The largest absolute Gasteiger partial charge is 0.506 e. The van der Waals surface area contributed by atoms with E-state index >= 15 is 0 Å². The Morgan fingerprint density at radius 2 is 1.57 bits per heavy atom. The van der Waals surface area contributed by atoms with Gasteiger partial charge in [0.05, 0.1) is 11.7 Å². The maximum Gasteiger partial charge on any atom is 0.259 e. The van der Waals surface area contributed by atoms with Crippen molar-refractivity contribution in [1.29, 1.82) is 0 Å². The van der Waals surface area contributed by atoms with Crippen LogP contribution < -0.4 is 37.6 Å². The predicted molar refractivity (Wildman–Crippen MR) is 171 cm³/mol. The number of phenolic OH excluding ortho intramolecular Hbond substituents is 1. The Morgan fingerprint density at radius 3 is 2.30 bits per heavy atom. The Balaban J connectivity index is 1.21. The fraction of sp³-hybridized carbons (Fsp3) is 0.355. The molecule has 6 rings (SSSR count). The van der Waals surface area contributed by atoms with Gasteiger partial charge in [0.2, 0.25) is 17.8 Å². The van der Waals surface area contributed by atoms with Crippen LogP contribution in [0.4, 0.5) is 29.2 Å². The van der Waals surface area contributed by atoms with Crippen LogP contribution in [-0.2, 0) is 0 Å². The standard InChI is InChI=1S/C31H38N10O3/c32-14-19-15-40(12-11-26(19)42)30-37-29(38-31(39-30)41-16-20(33)13-21(34)17-41)36-23-8-6-22(7-9-23)35-28(44)25-10-5-18-3-1-2-4-24(18)27(25)43/h1-10,19-21,26,42-43H,11-17,32-34H2,(H,35,44)(H,36,37,38,39)/t19-,20-,21+,26+/m0/s1. The van der Waals surface area contributed by atoms with Crippen LogP contribution in [-0.4, -0.2) is 82.0 Å². The lowest BCUT2D eigenvalue weighted by molar-refractivity contribution is 0.0916. The summed E-state index contributed by atoms with van der Waals surface area (Å²) < 4.78 is 0. The van der Waals surface area contributed by atoms with Crippen molar-refractivity contribution in [2.75, 3.05) is 53.2 Å². The van der Waals surface area contributed by atoms with Gasteiger partial charge in [-0.2, -0.15) is 15.0 Å². The van der Waals surface area contributed by atoms with E-state index in [4.69, 9.17) is 32.2 Å². The molecule has 13 heteroatoms. The van der Waals surface area contributed by atoms with E-state index in [9.17, 15) is 15.0 Å². The first-order valence-electron chi connectivity index (χ1n) is 14.8. The zero-order valence-corrected chi connectivity index (χ0v) is 24.3. The highest BCUT2D eigenvalue weighted by Gasteiger charge is 2.30. The third kappa shape index (κ3) is 6.36. The van der Waals surface area contributed by atoms with Gasteiger partial charge in [-0.15, -0.1) is 0 Å². The average Bonchev–Trinajstić information content (AvgIpc) is 3.02. The van der Waals surface area contributed by atoms with Gasteiger partial charge < -0.3 is 47.8 Å². The van der Waals surface area contributed by atoms with Crippen LogP contribution in [0.2, 0.25) is 0 Å². The molecule has 2 fully saturated rings. The molecule has 0 aliphatic carbocycles. The first kappa shape index (κ1) is 29.5. The van der Waals surface area contributed by atoms with E-state index < -0.39 is 12.0 Å². The van der Waals surface area contributed by atoms with Gasteiger partial charge in [0, 0.05) is 60.9 Å². The molecule has 2 saturated heterocycles. The molecule has 10 N–H and O–H groups in total. The number of hydrogen-bond acceptors (Lipinski definition) is 12. The first-order valence-corrected chi connectivity index (χ1v) is 14.8. The SMILES string of the molecule is NC[C@H]1CN(c2nc(Nc3ccc(NC(=O)c4ccc5ccccc5c4O)cc3)nc(N3C[C@H](N)C[C@H](N)C3)n2)CC[C@H]1O. The number of fused-ring (bicyclic) bond motifs is 1. The van der Waals surface area contributed by atoms with E-state index in [0.29, 0.717) is 73.8 Å². The Labute approximate surface area is 255 Å². The number of carbonyl (C=O) groups excluding carboxylic acids is 1. The molecule has 3 heterocycles. The van der Waals surface area contributed by atoms with Crippen LogP contribution in [0.15, 0.2) is 60.7 Å². The quantitative estimate of drug-likeness (QED) is 0.162. The van der Waals surface area contributed by atoms with Gasteiger partial charge in [-0.25, -0.2) is 0 Å². The molecule has 230 valence electrons. The highest BCUT2D eigenvalue weighted by Crippen LogP contribution is 2.30. The number of aromatic nitrogens is 3. The fourth-order valence-electron chi connectivity index (χ4n) is 5.87. The Hall–Kier alpha value is -4.56. The van der Waals surface area contributed by atoms with Crippen molar-refractivity contribution in [2.45, 2.75) is 31.0 Å². The Morgan fingerprint density at radius 1 is 0.886 bits per heavy atom. The number of carbonyl (C=O) groups is 1. The van der Waals surface area contributed by atoms with Gasteiger partial charge in [-0.3, -0.25) is 4.79 Å². The second-order valence-electron chi connectivity index (χ2n) is 11.6. The monoisotopic (exact) mass is 598 g/mol. The lowest BCUT2D eigenvalue weighted by atomic mass is 9.95. The number of amides is 1. The molecule has 13 nitrogen and oxygen atoms in total. The van der Waals surface area contributed by atoms with Crippen molar-refractivity contribution in [3.05, 3.63) is 66.2 Å². The molecule has 1 aromatic heterocycles. The van der Waals surface area contributed by atoms with Crippen LogP contribution in [0, 0.1) is 5.92 Å². The number of rotatable bonds is 7. The minimum Gasteiger partial charge on any atom is -0.506 e. The van der Waals surface area contributed by atoms with Crippen LogP contribution in [0.25, 0.3) is 10.8 Å². The number of aliphatic hydroxyl groups is 1. The molecular weight excluding hydrogens is 560 g/mol. The maximum absolute atomic E-state index is 13.0. The first-order chi connectivity index (χ1) is 21.3. The number of anilines is 5. The summed E-state index contributed by atoms with van der Waals surface area (Å²) in [6.07, 6.45) is 0.831. The zero-order chi connectivity index (χ0) is 30.8. The van der Waals surface area contributed by atoms with Gasteiger partial charge in [0.15, 0.2) is 0 Å². The van der Waals surface area contributed by atoms with Gasteiger partial charge >= 0.3 is 0 Å². The third-order valence-corrected chi connectivity index (χ3v) is 8.23. The smallest absolute Gasteiger partial charge is 0.259 e. The van der Waals surface area contributed by atoms with E-state index in [1.807, 2.05) is 34.1 Å². The lowest BCUT2D eigenvalue weighted by Gasteiger charge is -2.37. The molecule has 0 spiro atoms. The van der Waals surface area contributed by atoms with Crippen molar-refractivity contribution in [2.24, 2.45) is 23.1 Å². The molecule has 2 aliphatic heterocycles. The lowest BCUT2D eigenvalue weighted by Crippen LogP contribution is -2.53.